The van der Waals surface area contributed by atoms with E-state index in [9.17, 15) is 4.79 Å². The van der Waals surface area contributed by atoms with Crippen LogP contribution >= 0.6 is 0 Å². The molecule has 0 fully saturated rings. The lowest BCUT2D eigenvalue weighted by molar-refractivity contribution is -0.109. The molecule has 3 heteroatoms. The average molecular weight is 208 g/mol. The summed E-state index contributed by atoms with van der Waals surface area (Å²) in [4.78, 5) is 10.2. The minimum Gasteiger partial charge on any atom is -0.486 e. The fourth-order valence-corrected chi connectivity index (χ4v) is 1.66. The molecule has 0 aliphatic carbocycles. The maximum atomic E-state index is 10.2. The summed E-state index contributed by atoms with van der Waals surface area (Å²) in [6.07, 6.45) is 1.39. The molecular weight excluding hydrogens is 192 g/mol. The Kier molecular flexibility index (Phi) is 4.31. The number of carbonyl (C=O) groups is 1. The van der Waals surface area contributed by atoms with Crippen LogP contribution < -0.4 is 4.74 Å². The van der Waals surface area contributed by atoms with Crippen molar-refractivity contribution in [1.82, 2.24) is 0 Å². The van der Waals surface area contributed by atoms with Crippen molar-refractivity contribution < 1.29 is 14.6 Å². The van der Waals surface area contributed by atoms with E-state index in [1.807, 2.05) is 26.0 Å². The van der Waals surface area contributed by atoms with E-state index in [0.29, 0.717) is 6.42 Å². The number of rotatable bonds is 5. The van der Waals surface area contributed by atoms with Gasteiger partial charge in [-0.1, -0.05) is 12.1 Å². The summed E-state index contributed by atoms with van der Waals surface area (Å²) in [5.74, 6) is 0.767. The average Bonchev–Trinajstić information content (AvgIpc) is 2.17. The highest BCUT2D eigenvalue weighted by Gasteiger charge is 2.05. The van der Waals surface area contributed by atoms with Gasteiger partial charge in [-0.25, -0.2) is 0 Å². The number of hydrogen-bond donors (Lipinski definition) is 1. The molecule has 1 aromatic carbocycles. The van der Waals surface area contributed by atoms with Gasteiger partial charge < -0.3 is 9.84 Å². The Balaban J connectivity index is 2.93. The van der Waals surface area contributed by atoms with Gasteiger partial charge in [-0.05, 0) is 37.0 Å². The van der Waals surface area contributed by atoms with E-state index in [1.54, 1.807) is 0 Å². The molecule has 1 N–H and O–H groups in total. The van der Waals surface area contributed by atoms with E-state index >= 15 is 0 Å². The van der Waals surface area contributed by atoms with Gasteiger partial charge in [0.1, 0.15) is 12.4 Å². The van der Waals surface area contributed by atoms with Gasteiger partial charge >= 0.3 is 0 Å². The van der Waals surface area contributed by atoms with Crippen LogP contribution in [0, 0.1) is 13.8 Å². The smallest absolute Gasteiger partial charge is 0.157 e. The predicted molar refractivity (Wildman–Crippen MR) is 58.3 cm³/mol. The van der Waals surface area contributed by atoms with Crippen LogP contribution in [-0.4, -0.2) is 24.6 Å². The first-order valence-corrected chi connectivity index (χ1v) is 4.96. The maximum Gasteiger partial charge on any atom is 0.157 e. The number of aryl methyl sites for hydroxylation is 2. The zero-order valence-corrected chi connectivity index (χ0v) is 9.12. The van der Waals surface area contributed by atoms with Crippen LogP contribution in [0.1, 0.15) is 16.7 Å². The molecule has 0 amide bonds. The molecule has 0 aliphatic heterocycles. The van der Waals surface area contributed by atoms with Crippen LogP contribution in [0.15, 0.2) is 12.1 Å². The summed E-state index contributed by atoms with van der Waals surface area (Å²) in [5.41, 5.74) is 3.09. The third kappa shape index (κ3) is 3.06. The molecule has 0 aromatic heterocycles. The Hall–Kier alpha value is -1.35. The molecule has 0 radical (unpaired) electrons. The fraction of sp³-hybridized carbons (Fsp3) is 0.417. The first-order chi connectivity index (χ1) is 7.19. The summed E-state index contributed by atoms with van der Waals surface area (Å²) in [5, 5.41) is 8.83. The lowest BCUT2D eigenvalue weighted by atomic mass is 10.0. The Labute approximate surface area is 89.7 Å². The minimum absolute atomic E-state index is 0.0844. The van der Waals surface area contributed by atoms with Gasteiger partial charge in [0.2, 0.25) is 0 Å². The van der Waals surface area contributed by atoms with E-state index in [-0.39, 0.29) is 13.2 Å². The maximum absolute atomic E-state index is 10.2. The Morgan fingerprint density at radius 1 is 1.33 bits per heavy atom. The Morgan fingerprint density at radius 3 is 2.40 bits per heavy atom. The fourth-order valence-electron chi connectivity index (χ4n) is 1.66. The number of ether oxygens (including phenoxy) is 1. The van der Waals surface area contributed by atoms with Gasteiger partial charge in [0.15, 0.2) is 6.29 Å². The van der Waals surface area contributed by atoms with Crippen molar-refractivity contribution in [2.75, 3.05) is 13.2 Å². The third-order valence-electron chi connectivity index (χ3n) is 2.22. The summed E-state index contributed by atoms with van der Waals surface area (Å²) < 4.78 is 5.32. The second-order valence-electron chi connectivity index (χ2n) is 3.51. The zero-order valence-electron chi connectivity index (χ0n) is 9.12. The molecule has 0 unspecified atom stereocenters. The molecule has 15 heavy (non-hydrogen) atoms. The summed E-state index contributed by atoms with van der Waals surface area (Å²) in [6.45, 7) is 4.11. The van der Waals surface area contributed by atoms with E-state index in [0.717, 1.165) is 28.7 Å². The monoisotopic (exact) mass is 208 g/mol. The van der Waals surface area contributed by atoms with Gasteiger partial charge in [0, 0.05) is 6.61 Å². The van der Waals surface area contributed by atoms with Crippen LogP contribution in [0.2, 0.25) is 0 Å². The van der Waals surface area contributed by atoms with Crippen molar-refractivity contribution >= 4 is 6.29 Å². The molecule has 1 aromatic rings. The molecule has 0 spiro atoms. The van der Waals surface area contributed by atoms with E-state index in [1.165, 1.54) is 0 Å². The molecule has 0 bridgehead atoms. The third-order valence-corrected chi connectivity index (χ3v) is 2.22. The van der Waals surface area contributed by atoms with E-state index in [4.69, 9.17) is 9.84 Å². The zero-order chi connectivity index (χ0) is 11.3. The predicted octanol–water partition coefficient (Wildman–Crippen LogP) is 1.42. The van der Waals surface area contributed by atoms with Crippen molar-refractivity contribution in [1.29, 1.82) is 0 Å². The van der Waals surface area contributed by atoms with E-state index < -0.39 is 0 Å². The quantitative estimate of drug-likeness (QED) is 0.744. The second-order valence-corrected chi connectivity index (χ2v) is 3.51. The molecule has 1 rings (SSSR count). The number of aliphatic hydroxyl groups is 1. The molecule has 3 nitrogen and oxygen atoms in total. The SMILES string of the molecule is Cc1cc(CCO)cc(C)c1OCC=O. The van der Waals surface area contributed by atoms with Gasteiger partial charge in [0.25, 0.3) is 0 Å². The van der Waals surface area contributed by atoms with Gasteiger partial charge in [-0.15, -0.1) is 0 Å². The standard InChI is InChI=1S/C12H16O3/c1-9-7-11(3-4-13)8-10(2)12(9)15-6-5-14/h5,7-8,13H,3-4,6H2,1-2H3. The van der Waals surface area contributed by atoms with Gasteiger partial charge in [-0.3, -0.25) is 4.79 Å². The first-order valence-electron chi connectivity index (χ1n) is 4.96. The van der Waals surface area contributed by atoms with Crippen molar-refractivity contribution in [2.24, 2.45) is 0 Å². The lowest BCUT2D eigenvalue weighted by Gasteiger charge is -2.11. The summed E-state index contributed by atoms with van der Waals surface area (Å²) in [7, 11) is 0. The highest BCUT2D eigenvalue weighted by Crippen LogP contribution is 2.24. The highest BCUT2D eigenvalue weighted by molar-refractivity contribution is 5.52. The van der Waals surface area contributed by atoms with Gasteiger partial charge in [0.05, 0.1) is 0 Å². The van der Waals surface area contributed by atoms with Crippen LogP contribution in [0.4, 0.5) is 0 Å². The van der Waals surface area contributed by atoms with Crippen LogP contribution in [0.5, 0.6) is 5.75 Å². The highest BCUT2D eigenvalue weighted by atomic mass is 16.5. The number of aldehydes is 1. The minimum atomic E-state index is 0.0844. The van der Waals surface area contributed by atoms with E-state index in [2.05, 4.69) is 0 Å². The Morgan fingerprint density at radius 2 is 1.93 bits per heavy atom. The first kappa shape index (κ1) is 11.7. The van der Waals surface area contributed by atoms with Crippen LogP contribution in [-0.2, 0) is 11.2 Å². The Bertz CT molecular complexity index is 322. The molecule has 0 aliphatic rings. The van der Waals surface area contributed by atoms with Crippen molar-refractivity contribution in [3.8, 4) is 5.75 Å². The molecule has 82 valence electrons. The van der Waals surface area contributed by atoms with Crippen molar-refractivity contribution in [3.63, 3.8) is 0 Å². The normalized spacial score (nSPS) is 10.1. The van der Waals surface area contributed by atoms with Crippen molar-refractivity contribution in [2.45, 2.75) is 20.3 Å². The largest absolute Gasteiger partial charge is 0.486 e. The summed E-state index contributed by atoms with van der Waals surface area (Å²) in [6, 6.07) is 3.95. The number of carbonyl (C=O) groups excluding carboxylic acids is 1. The number of benzene rings is 1. The van der Waals surface area contributed by atoms with Gasteiger partial charge in [-0.2, -0.15) is 0 Å². The lowest BCUT2D eigenvalue weighted by Crippen LogP contribution is -2.02. The molecule has 0 saturated carbocycles. The topological polar surface area (TPSA) is 46.5 Å². The molecular formula is C12H16O3. The summed E-state index contributed by atoms with van der Waals surface area (Å²) >= 11 is 0. The molecule has 0 heterocycles. The number of hydrogen-bond acceptors (Lipinski definition) is 3. The van der Waals surface area contributed by atoms with Crippen LogP contribution in [0.3, 0.4) is 0 Å². The number of aliphatic hydroxyl groups excluding tert-OH is 1. The van der Waals surface area contributed by atoms with Crippen LogP contribution in [0.25, 0.3) is 0 Å². The van der Waals surface area contributed by atoms with Crippen molar-refractivity contribution in [3.05, 3.63) is 28.8 Å². The molecule has 0 atom stereocenters. The molecule has 0 saturated heterocycles. The second kappa shape index (κ2) is 5.51.